The van der Waals surface area contributed by atoms with Crippen LogP contribution in [-0.4, -0.2) is 9.97 Å². The summed E-state index contributed by atoms with van der Waals surface area (Å²) in [4.78, 5) is 8.93. The Kier molecular flexibility index (Phi) is 3.78. The van der Waals surface area contributed by atoms with Crippen LogP contribution in [0.15, 0.2) is 33.3 Å². The van der Waals surface area contributed by atoms with E-state index >= 15 is 0 Å². The topological polar surface area (TPSA) is 37.8 Å². The first kappa shape index (κ1) is 13.3. The van der Waals surface area contributed by atoms with Crippen LogP contribution in [0.1, 0.15) is 24.6 Å². The Morgan fingerprint density at radius 2 is 1.95 bits per heavy atom. The third-order valence-corrected chi connectivity index (χ3v) is 4.06. The summed E-state index contributed by atoms with van der Waals surface area (Å²) in [5, 5.41) is 3.88. The molecule has 0 unspecified atom stereocenters. The molecule has 0 bridgehead atoms. The number of hydrogen-bond acceptors (Lipinski definition) is 3. The summed E-state index contributed by atoms with van der Waals surface area (Å²) in [6, 6.07) is 7.55. The molecule has 1 N–H and O–H groups in total. The van der Waals surface area contributed by atoms with Crippen molar-refractivity contribution in [3.05, 3.63) is 44.2 Å². The Balaban J connectivity index is 1.89. The van der Waals surface area contributed by atoms with Gasteiger partial charge in [0.15, 0.2) is 0 Å². The second-order valence-corrected chi connectivity index (χ2v) is 6.59. The van der Waals surface area contributed by atoms with Crippen molar-refractivity contribution in [2.24, 2.45) is 0 Å². The summed E-state index contributed by atoms with van der Waals surface area (Å²) in [5.41, 5.74) is 0.831. The third kappa shape index (κ3) is 3.27. The summed E-state index contributed by atoms with van der Waals surface area (Å²) in [6.07, 6.45) is 2.35. The van der Waals surface area contributed by atoms with Gasteiger partial charge in [-0.05, 0) is 47.0 Å². The highest BCUT2D eigenvalue weighted by Gasteiger charge is 2.27. The molecular formula is C13H10Br2ClN3. The van der Waals surface area contributed by atoms with Crippen LogP contribution >= 0.6 is 43.5 Å². The van der Waals surface area contributed by atoms with Crippen molar-refractivity contribution >= 4 is 55.0 Å². The molecule has 0 spiro atoms. The van der Waals surface area contributed by atoms with Gasteiger partial charge in [0.1, 0.15) is 16.2 Å². The average Bonchev–Trinajstić information content (AvgIpc) is 3.16. The molecule has 0 radical (unpaired) electrons. The van der Waals surface area contributed by atoms with Crippen LogP contribution in [0, 0.1) is 0 Å². The lowest BCUT2D eigenvalue weighted by molar-refractivity contribution is 0.919. The van der Waals surface area contributed by atoms with Gasteiger partial charge in [0.05, 0.1) is 10.7 Å². The van der Waals surface area contributed by atoms with Crippen LogP contribution in [0.3, 0.4) is 0 Å². The van der Waals surface area contributed by atoms with Crippen LogP contribution in [0.5, 0.6) is 0 Å². The number of hydrogen-bond donors (Lipinski definition) is 1. The Morgan fingerprint density at radius 3 is 2.63 bits per heavy atom. The van der Waals surface area contributed by atoms with Crippen LogP contribution in [-0.2, 0) is 0 Å². The third-order valence-electron chi connectivity index (χ3n) is 2.85. The Labute approximate surface area is 133 Å². The molecule has 0 atom stereocenters. The van der Waals surface area contributed by atoms with Crippen molar-refractivity contribution in [1.82, 2.24) is 9.97 Å². The molecule has 1 aliphatic carbocycles. The Morgan fingerprint density at radius 1 is 1.16 bits per heavy atom. The van der Waals surface area contributed by atoms with Crippen LogP contribution in [0.25, 0.3) is 0 Å². The molecule has 98 valence electrons. The first-order valence-electron chi connectivity index (χ1n) is 5.88. The fourth-order valence-electron chi connectivity index (χ4n) is 1.75. The molecule has 2 aromatic rings. The zero-order chi connectivity index (χ0) is 13.4. The van der Waals surface area contributed by atoms with Crippen molar-refractivity contribution < 1.29 is 0 Å². The van der Waals surface area contributed by atoms with Crippen LogP contribution in [0.4, 0.5) is 11.5 Å². The molecular weight excluding hydrogens is 393 g/mol. The molecule has 1 aromatic carbocycles. The zero-order valence-electron chi connectivity index (χ0n) is 9.83. The normalized spacial score (nSPS) is 14.5. The SMILES string of the molecule is Clc1cc(Br)ccc1Nc1cc(Br)nc(C2CC2)n1. The maximum atomic E-state index is 6.19. The monoisotopic (exact) mass is 401 g/mol. The molecule has 0 saturated heterocycles. The number of halogens is 3. The molecule has 19 heavy (non-hydrogen) atoms. The van der Waals surface area contributed by atoms with E-state index in [2.05, 4.69) is 47.1 Å². The standard InChI is InChI=1S/C13H10Br2ClN3/c14-8-3-4-10(9(16)5-8)17-12-6-11(15)18-13(19-12)7-1-2-7/h3-7H,1-2H2,(H,17,18,19). The first-order chi connectivity index (χ1) is 9.11. The van der Waals surface area contributed by atoms with Gasteiger partial charge in [-0.3, -0.25) is 0 Å². The summed E-state index contributed by atoms with van der Waals surface area (Å²) in [6.45, 7) is 0. The van der Waals surface area contributed by atoms with Crippen LogP contribution in [0.2, 0.25) is 5.02 Å². The van der Waals surface area contributed by atoms with Gasteiger partial charge < -0.3 is 5.32 Å². The van der Waals surface area contributed by atoms with E-state index in [0.29, 0.717) is 10.9 Å². The van der Waals surface area contributed by atoms with Gasteiger partial charge in [-0.25, -0.2) is 9.97 Å². The molecule has 6 heteroatoms. The van der Waals surface area contributed by atoms with E-state index in [0.717, 1.165) is 26.4 Å². The predicted molar refractivity (Wildman–Crippen MR) is 84.1 cm³/mol. The van der Waals surface area contributed by atoms with Gasteiger partial charge >= 0.3 is 0 Å². The first-order valence-corrected chi connectivity index (χ1v) is 7.85. The van der Waals surface area contributed by atoms with Gasteiger partial charge in [-0.2, -0.15) is 0 Å². The van der Waals surface area contributed by atoms with E-state index in [1.165, 1.54) is 12.8 Å². The molecule has 3 rings (SSSR count). The number of nitrogens with one attached hydrogen (secondary N) is 1. The number of benzene rings is 1. The van der Waals surface area contributed by atoms with E-state index in [1.807, 2.05) is 24.3 Å². The molecule has 0 amide bonds. The lowest BCUT2D eigenvalue weighted by Crippen LogP contribution is -2.00. The summed E-state index contributed by atoms with van der Waals surface area (Å²) >= 11 is 13.0. The fourth-order valence-corrected chi connectivity index (χ4v) is 2.87. The van der Waals surface area contributed by atoms with Gasteiger partial charge in [0.25, 0.3) is 0 Å². The van der Waals surface area contributed by atoms with E-state index in [9.17, 15) is 0 Å². The van der Waals surface area contributed by atoms with Gasteiger partial charge in [-0.1, -0.05) is 27.5 Å². The van der Waals surface area contributed by atoms with Crippen LogP contribution < -0.4 is 5.32 Å². The maximum Gasteiger partial charge on any atom is 0.135 e. The van der Waals surface area contributed by atoms with Gasteiger partial charge in [-0.15, -0.1) is 0 Å². The zero-order valence-corrected chi connectivity index (χ0v) is 13.8. The molecule has 1 saturated carbocycles. The number of aromatic nitrogens is 2. The smallest absolute Gasteiger partial charge is 0.135 e. The lowest BCUT2D eigenvalue weighted by atomic mass is 10.3. The lowest BCUT2D eigenvalue weighted by Gasteiger charge is -2.09. The summed E-state index contributed by atoms with van der Waals surface area (Å²) in [5.74, 6) is 2.16. The highest BCUT2D eigenvalue weighted by Crippen LogP contribution is 2.39. The second-order valence-electron chi connectivity index (χ2n) is 4.46. The van der Waals surface area contributed by atoms with E-state index in [1.54, 1.807) is 0 Å². The molecule has 1 fully saturated rings. The van der Waals surface area contributed by atoms with E-state index in [4.69, 9.17) is 11.6 Å². The minimum atomic E-state index is 0.512. The number of rotatable bonds is 3. The minimum absolute atomic E-state index is 0.512. The highest BCUT2D eigenvalue weighted by molar-refractivity contribution is 9.10. The number of anilines is 2. The number of nitrogens with zero attached hydrogens (tertiary/aromatic N) is 2. The molecule has 1 heterocycles. The van der Waals surface area contributed by atoms with Gasteiger partial charge in [0.2, 0.25) is 0 Å². The van der Waals surface area contributed by atoms with Gasteiger partial charge in [0, 0.05) is 16.5 Å². The van der Waals surface area contributed by atoms with Crippen molar-refractivity contribution in [3.8, 4) is 0 Å². The predicted octanol–water partition coefficient (Wildman–Crippen LogP) is 5.28. The summed E-state index contributed by atoms with van der Waals surface area (Å²) < 4.78 is 1.74. The fraction of sp³-hybridized carbons (Fsp3) is 0.231. The molecule has 1 aromatic heterocycles. The average molecular weight is 404 g/mol. The Bertz CT molecular complexity index is 629. The highest BCUT2D eigenvalue weighted by atomic mass is 79.9. The van der Waals surface area contributed by atoms with Crippen molar-refractivity contribution in [2.45, 2.75) is 18.8 Å². The van der Waals surface area contributed by atoms with Crippen molar-refractivity contribution in [3.63, 3.8) is 0 Å². The molecule has 3 nitrogen and oxygen atoms in total. The molecule has 0 aliphatic heterocycles. The Hall–Kier alpha value is -0.650. The van der Waals surface area contributed by atoms with E-state index < -0.39 is 0 Å². The van der Waals surface area contributed by atoms with Crippen molar-refractivity contribution in [1.29, 1.82) is 0 Å². The largest absolute Gasteiger partial charge is 0.339 e. The quantitative estimate of drug-likeness (QED) is 0.709. The second kappa shape index (κ2) is 5.38. The summed E-state index contributed by atoms with van der Waals surface area (Å²) in [7, 11) is 0. The minimum Gasteiger partial charge on any atom is -0.339 e. The molecule has 1 aliphatic rings. The van der Waals surface area contributed by atoms with E-state index in [-0.39, 0.29) is 0 Å². The maximum absolute atomic E-state index is 6.19. The van der Waals surface area contributed by atoms with Crippen molar-refractivity contribution in [2.75, 3.05) is 5.32 Å².